The van der Waals surface area contributed by atoms with Crippen molar-refractivity contribution >= 4 is 17.6 Å². The van der Waals surface area contributed by atoms with Crippen molar-refractivity contribution in [1.82, 2.24) is 0 Å². The summed E-state index contributed by atoms with van der Waals surface area (Å²) < 4.78 is 11.2. The zero-order chi connectivity index (χ0) is 13.8. The first-order valence-electron chi connectivity index (χ1n) is 6.45. The summed E-state index contributed by atoms with van der Waals surface area (Å²) in [5.41, 5.74) is 2.02. The second-order valence-electron chi connectivity index (χ2n) is 4.44. The predicted octanol–water partition coefficient (Wildman–Crippen LogP) is 3.08. The lowest BCUT2D eigenvalue weighted by molar-refractivity contribution is -0.137. The van der Waals surface area contributed by atoms with Crippen LogP contribution in [-0.4, -0.2) is 24.3 Å². The summed E-state index contributed by atoms with van der Waals surface area (Å²) in [7, 11) is 0. The molecule has 0 spiro atoms. The molecule has 0 bridgehead atoms. The van der Waals surface area contributed by atoms with Gasteiger partial charge < -0.3 is 14.6 Å². The molecular weight excluding hydrogens is 268 g/mol. The van der Waals surface area contributed by atoms with Gasteiger partial charge in [0.1, 0.15) is 13.2 Å². The molecule has 1 N–H and O–H groups in total. The third-order valence-corrected chi connectivity index (χ3v) is 3.50. The van der Waals surface area contributed by atoms with E-state index in [0.29, 0.717) is 36.8 Å². The van der Waals surface area contributed by atoms with Gasteiger partial charge in [0.2, 0.25) is 0 Å². The van der Waals surface area contributed by atoms with Gasteiger partial charge in [-0.15, -0.1) is 0 Å². The van der Waals surface area contributed by atoms with Crippen molar-refractivity contribution in [2.24, 2.45) is 0 Å². The van der Waals surface area contributed by atoms with Gasteiger partial charge in [-0.05, 0) is 24.8 Å². The van der Waals surface area contributed by atoms with Crippen LogP contribution in [0.25, 0.3) is 0 Å². The van der Waals surface area contributed by atoms with E-state index >= 15 is 0 Å². The van der Waals surface area contributed by atoms with Crippen molar-refractivity contribution in [3.05, 3.63) is 22.2 Å². The summed E-state index contributed by atoms with van der Waals surface area (Å²) in [5.74, 6) is 0.672. The monoisotopic (exact) mass is 284 g/mol. The molecule has 19 heavy (non-hydrogen) atoms. The van der Waals surface area contributed by atoms with Gasteiger partial charge >= 0.3 is 5.97 Å². The molecule has 0 aromatic heterocycles. The maximum absolute atomic E-state index is 10.6. The number of carbonyl (C=O) groups is 1. The van der Waals surface area contributed by atoms with Crippen molar-refractivity contribution in [3.8, 4) is 11.5 Å². The highest BCUT2D eigenvalue weighted by Gasteiger charge is 2.21. The van der Waals surface area contributed by atoms with E-state index in [9.17, 15) is 4.79 Å². The van der Waals surface area contributed by atoms with E-state index in [2.05, 4.69) is 0 Å². The average molecular weight is 285 g/mol. The molecule has 1 aromatic rings. The van der Waals surface area contributed by atoms with Gasteiger partial charge in [-0.25, -0.2) is 0 Å². The lowest BCUT2D eigenvalue weighted by atomic mass is 9.98. The molecule has 0 aliphatic carbocycles. The third-order valence-electron chi connectivity index (χ3n) is 3.17. The van der Waals surface area contributed by atoms with Crippen LogP contribution in [0, 0.1) is 0 Å². The van der Waals surface area contributed by atoms with E-state index in [4.69, 9.17) is 26.2 Å². The van der Waals surface area contributed by atoms with Gasteiger partial charge in [0.15, 0.2) is 11.5 Å². The lowest BCUT2D eigenvalue weighted by Gasteiger charge is -2.23. The normalized spacial score (nSPS) is 13.4. The number of aliphatic carboxylic acids is 1. The Morgan fingerprint density at radius 3 is 2.79 bits per heavy atom. The Kier molecular flexibility index (Phi) is 4.53. The van der Waals surface area contributed by atoms with Crippen LogP contribution in [0.3, 0.4) is 0 Å². The van der Waals surface area contributed by atoms with Gasteiger partial charge in [0.25, 0.3) is 0 Å². The molecule has 0 saturated heterocycles. The molecule has 104 valence electrons. The van der Waals surface area contributed by atoms with Crippen molar-refractivity contribution in [2.45, 2.75) is 32.6 Å². The molecule has 0 unspecified atom stereocenters. The number of hydrogen-bond donors (Lipinski definition) is 1. The van der Waals surface area contributed by atoms with E-state index in [-0.39, 0.29) is 6.42 Å². The number of carboxylic acids is 1. The predicted molar refractivity (Wildman–Crippen MR) is 72.4 cm³/mol. The Morgan fingerprint density at radius 2 is 2.11 bits per heavy atom. The maximum atomic E-state index is 10.6. The van der Waals surface area contributed by atoms with Gasteiger partial charge in [-0.2, -0.15) is 0 Å². The zero-order valence-corrected chi connectivity index (χ0v) is 11.6. The Balaban J connectivity index is 2.28. The molecule has 1 aromatic carbocycles. The average Bonchev–Trinajstić information content (AvgIpc) is 2.38. The summed E-state index contributed by atoms with van der Waals surface area (Å²) in [6, 6.07) is 1.77. The minimum Gasteiger partial charge on any atom is -0.486 e. The summed E-state index contributed by atoms with van der Waals surface area (Å²) in [4.78, 5) is 10.6. The van der Waals surface area contributed by atoms with E-state index < -0.39 is 5.97 Å². The first kappa shape index (κ1) is 14.0. The number of rotatable bonds is 5. The first-order valence-corrected chi connectivity index (χ1v) is 6.83. The van der Waals surface area contributed by atoms with Crippen molar-refractivity contribution in [2.75, 3.05) is 13.2 Å². The first-order chi connectivity index (χ1) is 9.13. The minimum absolute atomic E-state index is 0.147. The van der Waals surface area contributed by atoms with E-state index in [0.717, 1.165) is 23.3 Å². The summed E-state index contributed by atoms with van der Waals surface area (Å²) in [6.45, 7) is 3.10. The third kappa shape index (κ3) is 3.13. The van der Waals surface area contributed by atoms with E-state index in [1.54, 1.807) is 6.07 Å². The SMILES string of the molecule is CCc1c(CCCC(=O)O)c(Cl)cc2c1OCCO2. The van der Waals surface area contributed by atoms with Crippen LogP contribution in [0.4, 0.5) is 0 Å². The molecule has 0 fully saturated rings. The van der Waals surface area contributed by atoms with Crippen LogP contribution < -0.4 is 9.47 Å². The Morgan fingerprint density at radius 1 is 1.37 bits per heavy atom. The smallest absolute Gasteiger partial charge is 0.303 e. The molecule has 0 radical (unpaired) electrons. The molecule has 2 rings (SSSR count). The highest BCUT2D eigenvalue weighted by molar-refractivity contribution is 6.31. The fraction of sp³-hybridized carbons (Fsp3) is 0.500. The van der Waals surface area contributed by atoms with E-state index in [1.807, 2.05) is 6.92 Å². The van der Waals surface area contributed by atoms with Crippen molar-refractivity contribution in [3.63, 3.8) is 0 Å². The van der Waals surface area contributed by atoms with Gasteiger partial charge in [0, 0.05) is 23.1 Å². The summed E-state index contributed by atoms with van der Waals surface area (Å²) >= 11 is 6.28. The molecule has 1 aliphatic rings. The number of ether oxygens (including phenoxy) is 2. The number of fused-ring (bicyclic) bond motifs is 1. The Bertz CT molecular complexity index is 485. The molecule has 0 saturated carbocycles. The van der Waals surface area contributed by atoms with Crippen molar-refractivity contribution in [1.29, 1.82) is 0 Å². The highest BCUT2D eigenvalue weighted by Crippen LogP contribution is 2.40. The Hall–Kier alpha value is -1.42. The second kappa shape index (κ2) is 6.15. The summed E-state index contributed by atoms with van der Waals surface area (Å²) in [5, 5.41) is 9.33. The topological polar surface area (TPSA) is 55.8 Å². The molecule has 0 atom stereocenters. The fourth-order valence-electron chi connectivity index (χ4n) is 2.32. The van der Waals surface area contributed by atoms with Gasteiger partial charge in [-0.1, -0.05) is 18.5 Å². The maximum Gasteiger partial charge on any atom is 0.303 e. The van der Waals surface area contributed by atoms with Crippen LogP contribution in [0.1, 0.15) is 30.9 Å². The Labute approximate surface area is 117 Å². The molecule has 4 nitrogen and oxygen atoms in total. The van der Waals surface area contributed by atoms with Crippen LogP contribution >= 0.6 is 11.6 Å². The van der Waals surface area contributed by atoms with Crippen LogP contribution in [-0.2, 0) is 17.6 Å². The highest BCUT2D eigenvalue weighted by atomic mass is 35.5. The molecule has 1 aliphatic heterocycles. The van der Waals surface area contributed by atoms with E-state index in [1.165, 1.54) is 0 Å². The largest absolute Gasteiger partial charge is 0.486 e. The standard InChI is InChI=1S/C14H17ClO4/c1-2-9-10(4-3-5-13(16)17)11(15)8-12-14(9)19-7-6-18-12/h8H,2-7H2,1H3,(H,16,17). The minimum atomic E-state index is -0.785. The quantitative estimate of drug-likeness (QED) is 0.903. The van der Waals surface area contributed by atoms with Gasteiger partial charge in [0.05, 0.1) is 0 Å². The van der Waals surface area contributed by atoms with Crippen LogP contribution in [0.5, 0.6) is 11.5 Å². The fourth-order valence-corrected chi connectivity index (χ4v) is 2.63. The molecule has 0 amide bonds. The lowest BCUT2D eigenvalue weighted by Crippen LogP contribution is -2.17. The van der Waals surface area contributed by atoms with Crippen LogP contribution in [0.2, 0.25) is 5.02 Å². The second-order valence-corrected chi connectivity index (χ2v) is 4.85. The number of carboxylic acid groups (broad SMARTS) is 1. The number of benzene rings is 1. The molecule has 1 heterocycles. The van der Waals surface area contributed by atoms with Crippen molar-refractivity contribution < 1.29 is 19.4 Å². The van der Waals surface area contributed by atoms with Crippen LogP contribution in [0.15, 0.2) is 6.07 Å². The number of halogens is 1. The van der Waals surface area contributed by atoms with Gasteiger partial charge in [-0.3, -0.25) is 4.79 Å². The molecule has 5 heteroatoms. The zero-order valence-electron chi connectivity index (χ0n) is 10.9. The number of hydrogen-bond acceptors (Lipinski definition) is 3. The molecular formula is C14H17ClO4. The summed E-state index contributed by atoms with van der Waals surface area (Å²) in [6.07, 6.45) is 2.15.